The first kappa shape index (κ1) is 12.9. The van der Waals surface area contributed by atoms with E-state index in [9.17, 15) is 0 Å². The van der Waals surface area contributed by atoms with Crippen LogP contribution in [0.2, 0.25) is 0 Å². The van der Waals surface area contributed by atoms with Crippen molar-refractivity contribution in [3.8, 4) is 0 Å². The second kappa shape index (κ2) is 5.50. The topological polar surface area (TPSA) is 0 Å². The summed E-state index contributed by atoms with van der Waals surface area (Å²) in [6, 6.07) is 17.8. The molecule has 4 rings (SSSR count). The Balaban J connectivity index is 0.000000581. The summed E-state index contributed by atoms with van der Waals surface area (Å²) in [5.41, 5.74) is 2.91. The van der Waals surface area contributed by atoms with Crippen LogP contribution in [-0.2, 0) is 6.42 Å². The van der Waals surface area contributed by atoms with Crippen LogP contribution in [0.25, 0.3) is 27.6 Å². The van der Waals surface area contributed by atoms with Gasteiger partial charge in [-0.1, -0.05) is 62.4 Å². The maximum atomic E-state index is 2.33. The fraction of sp³-hybridized carbons (Fsp3) is 0.200. The molecule has 0 unspecified atom stereocenters. The minimum Gasteiger partial charge on any atom is -0.0836 e. The van der Waals surface area contributed by atoms with Crippen molar-refractivity contribution >= 4 is 27.6 Å². The number of hydrogen-bond donors (Lipinski definition) is 0. The zero-order valence-electron chi connectivity index (χ0n) is 12.2. The first-order valence-corrected chi connectivity index (χ1v) is 7.53. The highest BCUT2D eigenvalue weighted by Gasteiger charge is 2.08. The summed E-state index contributed by atoms with van der Waals surface area (Å²) in [5.74, 6) is 0. The summed E-state index contributed by atoms with van der Waals surface area (Å²) in [7, 11) is 0. The normalized spacial score (nSPS) is 12.9. The SMILES string of the molecule is C1=Cc2c(ccc3cc4ccccc4cc23)CC1.CC. The van der Waals surface area contributed by atoms with E-state index in [4.69, 9.17) is 0 Å². The predicted molar refractivity (Wildman–Crippen MR) is 90.2 cm³/mol. The Bertz CT molecular complexity index is 778. The molecule has 1 aliphatic carbocycles. The van der Waals surface area contributed by atoms with Gasteiger partial charge in [0.1, 0.15) is 0 Å². The van der Waals surface area contributed by atoms with E-state index < -0.39 is 0 Å². The van der Waals surface area contributed by atoms with Crippen LogP contribution in [0.5, 0.6) is 0 Å². The minimum atomic E-state index is 1.17. The molecular weight excluding hydrogens is 240 g/mol. The molecular formula is C20H20. The third-order valence-corrected chi connectivity index (χ3v) is 3.88. The van der Waals surface area contributed by atoms with Gasteiger partial charge in [-0.25, -0.2) is 0 Å². The fourth-order valence-electron chi connectivity index (χ4n) is 2.94. The molecule has 20 heavy (non-hydrogen) atoms. The van der Waals surface area contributed by atoms with Gasteiger partial charge < -0.3 is 0 Å². The summed E-state index contributed by atoms with van der Waals surface area (Å²) in [6.07, 6.45) is 6.92. The summed E-state index contributed by atoms with van der Waals surface area (Å²) in [5, 5.41) is 5.39. The molecule has 0 saturated carbocycles. The van der Waals surface area contributed by atoms with Crippen molar-refractivity contribution in [2.24, 2.45) is 0 Å². The third-order valence-electron chi connectivity index (χ3n) is 3.88. The van der Waals surface area contributed by atoms with Crippen LogP contribution < -0.4 is 0 Å². The zero-order valence-corrected chi connectivity index (χ0v) is 12.2. The fourth-order valence-corrected chi connectivity index (χ4v) is 2.94. The van der Waals surface area contributed by atoms with Gasteiger partial charge in [-0.3, -0.25) is 0 Å². The van der Waals surface area contributed by atoms with E-state index in [0.29, 0.717) is 0 Å². The Morgan fingerprint density at radius 2 is 1.55 bits per heavy atom. The summed E-state index contributed by atoms with van der Waals surface area (Å²) in [6.45, 7) is 4.00. The number of fused-ring (bicyclic) bond motifs is 4. The molecule has 0 N–H and O–H groups in total. The van der Waals surface area contributed by atoms with Gasteiger partial charge in [-0.05, 0) is 57.6 Å². The highest BCUT2D eigenvalue weighted by Crippen LogP contribution is 2.31. The van der Waals surface area contributed by atoms with Crippen LogP contribution in [0.3, 0.4) is 0 Å². The number of aryl methyl sites for hydroxylation is 1. The molecule has 0 spiro atoms. The molecule has 0 aliphatic heterocycles. The lowest BCUT2D eigenvalue weighted by molar-refractivity contribution is 0.990. The van der Waals surface area contributed by atoms with E-state index in [0.717, 1.165) is 0 Å². The second-order valence-corrected chi connectivity index (χ2v) is 5.00. The van der Waals surface area contributed by atoms with E-state index >= 15 is 0 Å². The van der Waals surface area contributed by atoms with E-state index in [1.54, 1.807) is 0 Å². The van der Waals surface area contributed by atoms with Crippen molar-refractivity contribution in [1.82, 2.24) is 0 Å². The van der Waals surface area contributed by atoms with Gasteiger partial charge in [-0.2, -0.15) is 0 Å². The highest BCUT2D eigenvalue weighted by molar-refractivity contribution is 6.02. The number of benzene rings is 3. The Morgan fingerprint density at radius 3 is 2.35 bits per heavy atom. The minimum absolute atomic E-state index is 1.17. The molecule has 100 valence electrons. The Labute approximate surface area is 120 Å². The molecule has 1 aliphatic rings. The van der Waals surface area contributed by atoms with Gasteiger partial charge in [-0.15, -0.1) is 0 Å². The molecule has 3 aromatic rings. The van der Waals surface area contributed by atoms with Crippen LogP contribution >= 0.6 is 0 Å². The Kier molecular flexibility index (Phi) is 3.56. The zero-order chi connectivity index (χ0) is 13.9. The van der Waals surface area contributed by atoms with Gasteiger partial charge in [0, 0.05) is 0 Å². The molecule has 0 fully saturated rings. The largest absolute Gasteiger partial charge is 0.0836 e. The molecule has 3 aromatic carbocycles. The first-order chi connectivity index (χ1) is 9.92. The first-order valence-electron chi connectivity index (χ1n) is 7.53. The maximum absolute atomic E-state index is 2.33. The molecule has 0 saturated heterocycles. The van der Waals surface area contributed by atoms with Crippen LogP contribution in [0.1, 0.15) is 31.4 Å². The number of rotatable bonds is 0. The standard InChI is InChI=1S/C18H14.C2H6/c1-2-7-15-12-18-16(11-14(15)6-1)10-9-13-5-3-4-8-17(13)18;1-2/h1-2,4,6-12H,3,5H2;1-2H3. The average molecular weight is 260 g/mol. The number of allylic oxidation sites excluding steroid dienone is 1. The smallest absolute Gasteiger partial charge is 0.0102 e. The van der Waals surface area contributed by atoms with Crippen LogP contribution in [-0.4, -0.2) is 0 Å². The van der Waals surface area contributed by atoms with Gasteiger partial charge in [0.2, 0.25) is 0 Å². The summed E-state index contributed by atoms with van der Waals surface area (Å²) >= 11 is 0. The molecule has 0 nitrogen and oxygen atoms in total. The van der Waals surface area contributed by atoms with E-state index in [1.807, 2.05) is 13.8 Å². The molecule has 0 aromatic heterocycles. The number of hydrogen-bond acceptors (Lipinski definition) is 0. The van der Waals surface area contributed by atoms with Crippen molar-refractivity contribution in [3.63, 3.8) is 0 Å². The van der Waals surface area contributed by atoms with E-state index in [2.05, 4.69) is 60.7 Å². The van der Waals surface area contributed by atoms with Crippen molar-refractivity contribution in [3.05, 3.63) is 65.7 Å². The van der Waals surface area contributed by atoms with Crippen LogP contribution in [0.4, 0.5) is 0 Å². The molecule has 0 heterocycles. The lowest BCUT2D eigenvalue weighted by Gasteiger charge is -2.14. The molecule has 0 heteroatoms. The molecule has 0 amide bonds. The third kappa shape index (κ3) is 2.12. The van der Waals surface area contributed by atoms with Crippen molar-refractivity contribution < 1.29 is 0 Å². The average Bonchev–Trinajstić information content (AvgIpc) is 2.55. The summed E-state index contributed by atoms with van der Waals surface area (Å²) in [4.78, 5) is 0. The molecule has 0 atom stereocenters. The van der Waals surface area contributed by atoms with E-state index in [1.165, 1.54) is 45.5 Å². The molecule has 0 bridgehead atoms. The van der Waals surface area contributed by atoms with Crippen molar-refractivity contribution in [2.75, 3.05) is 0 Å². The van der Waals surface area contributed by atoms with Crippen LogP contribution in [0, 0.1) is 0 Å². The Hall–Kier alpha value is -2.08. The van der Waals surface area contributed by atoms with Gasteiger partial charge >= 0.3 is 0 Å². The van der Waals surface area contributed by atoms with Gasteiger partial charge in [0.05, 0.1) is 0 Å². The predicted octanol–water partition coefficient (Wildman–Crippen LogP) is 5.98. The quantitative estimate of drug-likeness (QED) is 0.436. The lowest BCUT2D eigenvalue weighted by Crippen LogP contribution is -1.94. The summed E-state index contributed by atoms with van der Waals surface area (Å²) < 4.78 is 0. The molecule has 0 radical (unpaired) electrons. The van der Waals surface area contributed by atoms with Crippen LogP contribution in [0.15, 0.2) is 54.6 Å². The lowest BCUT2D eigenvalue weighted by atomic mass is 9.91. The van der Waals surface area contributed by atoms with Crippen molar-refractivity contribution in [1.29, 1.82) is 0 Å². The van der Waals surface area contributed by atoms with Gasteiger partial charge in [0.15, 0.2) is 0 Å². The van der Waals surface area contributed by atoms with E-state index in [-0.39, 0.29) is 0 Å². The highest BCUT2D eigenvalue weighted by atomic mass is 14.1. The van der Waals surface area contributed by atoms with Crippen molar-refractivity contribution in [2.45, 2.75) is 26.7 Å². The monoisotopic (exact) mass is 260 g/mol. The second-order valence-electron chi connectivity index (χ2n) is 5.00. The maximum Gasteiger partial charge on any atom is -0.0102 e. The van der Waals surface area contributed by atoms with Gasteiger partial charge in [0.25, 0.3) is 0 Å². The Morgan fingerprint density at radius 1 is 0.800 bits per heavy atom.